The summed E-state index contributed by atoms with van der Waals surface area (Å²) in [5.74, 6) is -8.55. The molecule has 0 bridgehead atoms. The summed E-state index contributed by atoms with van der Waals surface area (Å²) in [5, 5.41) is -0.778. The second-order valence-corrected chi connectivity index (χ2v) is 10.7. The number of halogens is 5. The zero-order valence-corrected chi connectivity index (χ0v) is 14.7. The molecule has 0 heterocycles. The highest BCUT2D eigenvalue weighted by Gasteiger charge is 2.40. The maximum absolute atomic E-state index is 14.0. The van der Waals surface area contributed by atoms with Crippen LogP contribution in [0.2, 0.25) is 13.1 Å². The Morgan fingerprint density at radius 3 is 1.74 bits per heavy atom. The first-order valence-electron chi connectivity index (χ1n) is 7.76. The fourth-order valence-corrected chi connectivity index (χ4v) is 5.66. The molecule has 1 aromatic carbocycles. The van der Waals surface area contributed by atoms with Gasteiger partial charge in [0.2, 0.25) is 14.1 Å². The molecular weight excluding hydrogens is 331 g/mol. The molecule has 0 N–H and O–H groups in total. The molecule has 0 saturated heterocycles. The van der Waals surface area contributed by atoms with Crippen LogP contribution in [0.3, 0.4) is 0 Å². The number of benzene rings is 1. The van der Waals surface area contributed by atoms with Crippen LogP contribution < -0.4 is 5.19 Å². The van der Waals surface area contributed by atoms with Gasteiger partial charge in [0.05, 0.1) is 0 Å². The Kier molecular flexibility index (Phi) is 5.20. The van der Waals surface area contributed by atoms with E-state index in [1.165, 1.54) is 13.1 Å². The molecule has 1 aliphatic rings. The molecule has 130 valence electrons. The van der Waals surface area contributed by atoms with Gasteiger partial charge < -0.3 is 4.43 Å². The molecular formula is C16H21F5OSi. The van der Waals surface area contributed by atoms with E-state index in [0.29, 0.717) is 11.8 Å². The van der Waals surface area contributed by atoms with Crippen molar-refractivity contribution in [1.29, 1.82) is 0 Å². The Bertz CT molecular complexity index is 576. The summed E-state index contributed by atoms with van der Waals surface area (Å²) in [7, 11) is -3.29. The quantitative estimate of drug-likeness (QED) is 0.333. The average Bonchev–Trinajstić information content (AvgIpc) is 2.46. The van der Waals surface area contributed by atoms with Crippen LogP contribution >= 0.6 is 0 Å². The lowest BCUT2D eigenvalue weighted by molar-refractivity contribution is 0.0961. The van der Waals surface area contributed by atoms with Crippen molar-refractivity contribution in [2.75, 3.05) is 0 Å². The Hall–Kier alpha value is -0.953. The summed E-state index contributed by atoms with van der Waals surface area (Å²) in [5.41, 5.74) is 0. The maximum atomic E-state index is 14.0. The molecule has 1 nitrogen and oxygen atoms in total. The third kappa shape index (κ3) is 3.45. The van der Waals surface area contributed by atoms with Gasteiger partial charge in [0.15, 0.2) is 23.3 Å². The standard InChI is InChI=1S/C16H21F5OSi/c1-8-5-6-10(7-9(8)2)22-23(3,4)16-14(20)12(18)11(17)13(19)15(16)21/h8-10H,5-7H2,1-4H3. The van der Waals surface area contributed by atoms with E-state index in [4.69, 9.17) is 4.43 Å². The van der Waals surface area contributed by atoms with Crippen LogP contribution in [0.4, 0.5) is 22.0 Å². The minimum absolute atomic E-state index is 0.210. The van der Waals surface area contributed by atoms with E-state index in [0.717, 1.165) is 19.3 Å². The predicted octanol–water partition coefficient (Wildman–Crippen LogP) is 4.64. The number of hydrogen-bond acceptors (Lipinski definition) is 1. The maximum Gasteiger partial charge on any atom is 0.225 e. The van der Waals surface area contributed by atoms with Crippen LogP contribution in [0.15, 0.2) is 0 Å². The van der Waals surface area contributed by atoms with Crippen LogP contribution in [-0.4, -0.2) is 14.4 Å². The molecule has 1 saturated carbocycles. The molecule has 0 radical (unpaired) electrons. The second-order valence-electron chi connectivity index (χ2n) is 6.96. The number of hydrogen-bond donors (Lipinski definition) is 0. The first-order valence-corrected chi connectivity index (χ1v) is 10.7. The Morgan fingerprint density at radius 1 is 0.783 bits per heavy atom. The molecule has 1 aliphatic carbocycles. The van der Waals surface area contributed by atoms with Crippen molar-refractivity contribution in [2.45, 2.75) is 52.3 Å². The number of rotatable bonds is 3. The molecule has 7 heteroatoms. The fourth-order valence-electron chi connectivity index (χ4n) is 3.21. The van der Waals surface area contributed by atoms with Crippen LogP contribution in [0, 0.1) is 40.9 Å². The van der Waals surface area contributed by atoms with Crippen molar-refractivity contribution >= 4 is 13.5 Å². The Labute approximate surface area is 134 Å². The summed E-state index contributed by atoms with van der Waals surface area (Å²) in [6.07, 6.45) is 2.18. The lowest BCUT2D eigenvalue weighted by atomic mass is 9.80. The van der Waals surface area contributed by atoms with Crippen LogP contribution in [0.5, 0.6) is 0 Å². The summed E-state index contributed by atoms with van der Waals surface area (Å²) < 4.78 is 74.0. The first kappa shape index (κ1) is 18.4. The molecule has 0 spiro atoms. The molecule has 1 aromatic rings. The summed E-state index contributed by atoms with van der Waals surface area (Å²) in [4.78, 5) is 0. The van der Waals surface area contributed by atoms with Crippen LogP contribution in [0.25, 0.3) is 0 Å². The van der Waals surface area contributed by atoms with E-state index in [1.807, 2.05) is 0 Å². The van der Waals surface area contributed by atoms with E-state index >= 15 is 0 Å². The van der Waals surface area contributed by atoms with Gasteiger partial charge in [0, 0.05) is 11.3 Å². The van der Waals surface area contributed by atoms with Gasteiger partial charge in [-0.15, -0.1) is 0 Å². The molecule has 0 aromatic heterocycles. The van der Waals surface area contributed by atoms with Crippen molar-refractivity contribution in [3.8, 4) is 0 Å². The van der Waals surface area contributed by atoms with Crippen molar-refractivity contribution < 1.29 is 26.4 Å². The van der Waals surface area contributed by atoms with Gasteiger partial charge in [-0.2, -0.15) is 0 Å². The SMILES string of the molecule is CC1CCC(O[Si](C)(C)c2c(F)c(F)c(F)c(F)c2F)CC1C. The molecule has 1 fully saturated rings. The highest BCUT2D eigenvalue weighted by Crippen LogP contribution is 2.33. The molecule has 3 unspecified atom stereocenters. The fraction of sp³-hybridized carbons (Fsp3) is 0.625. The van der Waals surface area contributed by atoms with Gasteiger partial charge in [0.1, 0.15) is 0 Å². The largest absolute Gasteiger partial charge is 0.410 e. The second kappa shape index (κ2) is 6.51. The molecule has 3 atom stereocenters. The van der Waals surface area contributed by atoms with E-state index in [1.54, 1.807) is 0 Å². The van der Waals surface area contributed by atoms with E-state index in [-0.39, 0.29) is 6.10 Å². The van der Waals surface area contributed by atoms with Crippen molar-refractivity contribution in [2.24, 2.45) is 11.8 Å². The van der Waals surface area contributed by atoms with E-state index in [2.05, 4.69) is 13.8 Å². The van der Waals surface area contributed by atoms with Gasteiger partial charge in [-0.05, 0) is 44.2 Å². The van der Waals surface area contributed by atoms with Gasteiger partial charge in [-0.25, -0.2) is 22.0 Å². The van der Waals surface area contributed by atoms with Crippen molar-refractivity contribution in [3.05, 3.63) is 29.1 Å². The van der Waals surface area contributed by atoms with Crippen molar-refractivity contribution in [3.63, 3.8) is 0 Å². The monoisotopic (exact) mass is 352 g/mol. The van der Waals surface area contributed by atoms with Gasteiger partial charge in [0.25, 0.3) is 0 Å². The zero-order chi connectivity index (χ0) is 17.5. The smallest absolute Gasteiger partial charge is 0.225 e. The molecule has 0 aliphatic heterocycles. The summed E-state index contributed by atoms with van der Waals surface area (Å²) in [6, 6.07) is 0. The van der Waals surface area contributed by atoms with Crippen LogP contribution in [0.1, 0.15) is 33.1 Å². The summed E-state index contributed by atoms with van der Waals surface area (Å²) in [6.45, 7) is 7.14. The molecule has 0 amide bonds. The van der Waals surface area contributed by atoms with Crippen LogP contribution in [-0.2, 0) is 4.43 Å². The normalized spacial score (nSPS) is 25.7. The Balaban J connectivity index is 2.33. The minimum atomic E-state index is -3.29. The highest BCUT2D eigenvalue weighted by atomic mass is 28.4. The summed E-state index contributed by atoms with van der Waals surface area (Å²) >= 11 is 0. The first-order chi connectivity index (χ1) is 10.6. The van der Waals surface area contributed by atoms with Gasteiger partial charge in [-0.1, -0.05) is 13.8 Å². The Morgan fingerprint density at radius 2 is 1.26 bits per heavy atom. The lowest BCUT2D eigenvalue weighted by Gasteiger charge is -2.37. The average molecular weight is 352 g/mol. The highest BCUT2D eigenvalue weighted by molar-refractivity contribution is 6.84. The minimum Gasteiger partial charge on any atom is -0.410 e. The van der Waals surface area contributed by atoms with Gasteiger partial charge in [-0.3, -0.25) is 0 Å². The predicted molar refractivity (Wildman–Crippen MR) is 80.4 cm³/mol. The van der Waals surface area contributed by atoms with Gasteiger partial charge >= 0.3 is 0 Å². The lowest BCUT2D eigenvalue weighted by Crippen LogP contribution is -2.52. The third-order valence-electron chi connectivity index (χ3n) is 4.82. The van der Waals surface area contributed by atoms with Crippen molar-refractivity contribution in [1.82, 2.24) is 0 Å². The van der Waals surface area contributed by atoms with E-state index in [9.17, 15) is 22.0 Å². The van der Waals surface area contributed by atoms with E-state index < -0.39 is 42.6 Å². The molecule has 2 rings (SSSR count). The molecule has 23 heavy (non-hydrogen) atoms. The third-order valence-corrected chi connectivity index (χ3v) is 7.39. The zero-order valence-electron chi connectivity index (χ0n) is 13.7. The topological polar surface area (TPSA) is 9.23 Å².